The van der Waals surface area contributed by atoms with Gasteiger partial charge in [0.05, 0.1) is 4.88 Å². The van der Waals surface area contributed by atoms with E-state index in [-0.39, 0.29) is 11.3 Å². The zero-order valence-electron chi connectivity index (χ0n) is 11.4. The number of aryl methyl sites for hydroxylation is 1. The molecule has 1 fully saturated rings. The highest BCUT2D eigenvalue weighted by atomic mass is 32.1. The second-order valence-corrected chi connectivity index (χ2v) is 6.78. The van der Waals surface area contributed by atoms with Gasteiger partial charge in [-0.2, -0.15) is 0 Å². The van der Waals surface area contributed by atoms with E-state index in [1.54, 1.807) is 11.3 Å². The molecule has 0 aliphatic carbocycles. The summed E-state index contributed by atoms with van der Waals surface area (Å²) < 4.78 is 5.39. The first-order valence-electron chi connectivity index (χ1n) is 6.40. The topological polar surface area (TPSA) is 29.5 Å². The number of hydrogen-bond acceptors (Lipinski definition) is 3. The van der Waals surface area contributed by atoms with E-state index in [4.69, 9.17) is 4.74 Å². The molecule has 2 rings (SSSR count). The fraction of sp³-hybridized carbons (Fsp3) is 0.643. The third-order valence-corrected chi connectivity index (χ3v) is 4.61. The number of ether oxygens (including phenoxy) is 1. The summed E-state index contributed by atoms with van der Waals surface area (Å²) in [6.45, 7) is 6.72. The highest BCUT2D eigenvalue weighted by Crippen LogP contribution is 2.31. The molecule has 18 heavy (non-hydrogen) atoms. The maximum absolute atomic E-state index is 12.3. The lowest BCUT2D eigenvalue weighted by Crippen LogP contribution is -2.40. The molecule has 1 aromatic heterocycles. The first-order valence-corrected chi connectivity index (χ1v) is 7.21. The van der Waals surface area contributed by atoms with Crippen molar-refractivity contribution in [1.29, 1.82) is 0 Å². The molecule has 0 atom stereocenters. The molecular formula is C14H21NO2S. The number of amides is 1. The predicted molar refractivity (Wildman–Crippen MR) is 74.2 cm³/mol. The summed E-state index contributed by atoms with van der Waals surface area (Å²) >= 11 is 1.57. The van der Waals surface area contributed by atoms with E-state index in [9.17, 15) is 4.79 Å². The Morgan fingerprint density at radius 3 is 2.67 bits per heavy atom. The summed E-state index contributed by atoms with van der Waals surface area (Å²) in [5.74, 6) is 0.140. The number of rotatable bonds is 3. The smallest absolute Gasteiger partial charge is 0.263 e. The molecule has 1 aliphatic heterocycles. The van der Waals surface area contributed by atoms with Gasteiger partial charge in [-0.15, -0.1) is 11.3 Å². The minimum atomic E-state index is 0.140. The first-order chi connectivity index (χ1) is 8.50. The van der Waals surface area contributed by atoms with Crippen LogP contribution in [0.1, 0.15) is 34.3 Å². The van der Waals surface area contributed by atoms with E-state index in [1.165, 1.54) is 4.88 Å². The molecule has 1 saturated heterocycles. The molecule has 1 aromatic rings. The Morgan fingerprint density at radius 1 is 1.44 bits per heavy atom. The van der Waals surface area contributed by atoms with Gasteiger partial charge in [0.2, 0.25) is 0 Å². The summed E-state index contributed by atoms with van der Waals surface area (Å²) in [4.78, 5) is 16.2. The van der Waals surface area contributed by atoms with Gasteiger partial charge in [-0.25, -0.2) is 0 Å². The monoisotopic (exact) mass is 267 g/mol. The van der Waals surface area contributed by atoms with Crippen molar-refractivity contribution in [3.8, 4) is 0 Å². The molecule has 0 radical (unpaired) electrons. The Morgan fingerprint density at radius 2 is 2.11 bits per heavy atom. The molecule has 0 spiro atoms. The summed E-state index contributed by atoms with van der Waals surface area (Å²) in [5, 5.41) is 0. The van der Waals surface area contributed by atoms with Crippen LogP contribution in [0.4, 0.5) is 0 Å². The fourth-order valence-corrected chi connectivity index (χ4v) is 3.27. The van der Waals surface area contributed by atoms with E-state index in [0.717, 1.165) is 37.5 Å². The lowest BCUT2D eigenvalue weighted by molar-refractivity contribution is 0.00926. The molecule has 2 heterocycles. The number of carbonyl (C=O) groups is 1. The Labute approximate surface area is 113 Å². The predicted octanol–water partition coefficient (Wildman–Crippen LogP) is 2.95. The van der Waals surface area contributed by atoms with Crippen LogP contribution in [-0.2, 0) is 4.74 Å². The maximum atomic E-state index is 12.3. The van der Waals surface area contributed by atoms with Gasteiger partial charge in [0.1, 0.15) is 0 Å². The molecular weight excluding hydrogens is 246 g/mol. The van der Waals surface area contributed by atoms with Gasteiger partial charge in [0, 0.05) is 31.7 Å². The van der Waals surface area contributed by atoms with Crippen molar-refractivity contribution in [2.45, 2.75) is 26.7 Å². The molecule has 1 aliphatic rings. The zero-order valence-corrected chi connectivity index (χ0v) is 12.2. The molecule has 0 bridgehead atoms. The van der Waals surface area contributed by atoms with Crippen LogP contribution in [-0.4, -0.2) is 37.6 Å². The van der Waals surface area contributed by atoms with E-state index >= 15 is 0 Å². The van der Waals surface area contributed by atoms with Gasteiger partial charge < -0.3 is 9.64 Å². The first kappa shape index (κ1) is 13.6. The number of carbonyl (C=O) groups excluding carboxylic acids is 1. The van der Waals surface area contributed by atoms with Crippen molar-refractivity contribution in [3.63, 3.8) is 0 Å². The van der Waals surface area contributed by atoms with Crippen LogP contribution in [0.15, 0.2) is 12.1 Å². The van der Waals surface area contributed by atoms with Gasteiger partial charge in [0.25, 0.3) is 5.91 Å². The largest absolute Gasteiger partial charge is 0.381 e. The SMILES string of the molecule is Cc1ccc(C(=O)N(C)CC2(C)CCOCC2)s1. The minimum Gasteiger partial charge on any atom is -0.381 e. The minimum absolute atomic E-state index is 0.140. The van der Waals surface area contributed by atoms with Crippen molar-refractivity contribution < 1.29 is 9.53 Å². The second-order valence-electron chi connectivity index (χ2n) is 5.49. The molecule has 0 unspecified atom stereocenters. The Kier molecular flexibility index (Phi) is 4.07. The Balaban J connectivity index is 1.98. The van der Waals surface area contributed by atoms with Crippen LogP contribution in [0.3, 0.4) is 0 Å². The van der Waals surface area contributed by atoms with Crippen LogP contribution in [0.5, 0.6) is 0 Å². The standard InChI is InChI=1S/C14H21NO2S/c1-11-4-5-12(18-11)13(16)15(3)10-14(2)6-8-17-9-7-14/h4-5H,6-10H2,1-3H3. The molecule has 0 saturated carbocycles. The van der Waals surface area contributed by atoms with Crippen molar-refractivity contribution in [2.75, 3.05) is 26.8 Å². The third-order valence-electron chi connectivity index (χ3n) is 3.62. The highest BCUT2D eigenvalue weighted by molar-refractivity contribution is 7.13. The van der Waals surface area contributed by atoms with Crippen molar-refractivity contribution in [3.05, 3.63) is 21.9 Å². The summed E-state index contributed by atoms with van der Waals surface area (Å²) in [5.41, 5.74) is 0.203. The van der Waals surface area contributed by atoms with Gasteiger partial charge in [0.15, 0.2) is 0 Å². The van der Waals surface area contributed by atoms with Crippen molar-refractivity contribution in [2.24, 2.45) is 5.41 Å². The quantitative estimate of drug-likeness (QED) is 0.842. The zero-order chi connectivity index (χ0) is 13.2. The fourth-order valence-electron chi connectivity index (χ4n) is 2.40. The van der Waals surface area contributed by atoms with Crippen molar-refractivity contribution >= 4 is 17.2 Å². The Bertz CT molecular complexity index is 421. The summed E-state index contributed by atoms with van der Waals surface area (Å²) in [6.07, 6.45) is 2.07. The van der Waals surface area contributed by atoms with Crippen LogP contribution in [0, 0.1) is 12.3 Å². The van der Waals surface area contributed by atoms with E-state index in [0.29, 0.717) is 0 Å². The van der Waals surface area contributed by atoms with Crippen LogP contribution in [0.2, 0.25) is 0 Å². The molecule has 4 heteroatoms. The summed E-state index contributed by atoms with van der Waals surface area (Å²) in [6, 6.07) is 3.92. The van der Waals surface area contributed by atoms with Gasteiger partial charge in [-0.1, -0.05) is 6.92 Å². The molecule has 100 valence electrons. The normalized spacial score (nSPS) is 18.6. The van der Waals surface area contributed by atoms with Gasteiger partial charge in [-0.3, -0.25) is 4.79 Å². The second kappa shape index (κ2) is 5.41. The van der Waals surface area contributed by atoms with Crippen molar-refractivity contribution in [1.82, 2.24) is 4.90 Å². The van der Waals surface area contributed by atoms with E-state index in [1.807, 2.05) is 31.0 Å². The number of hydrogen-bond donors (Lipinski definition) is 0. The maximum Gasteiger partial charge on any atom is 0.263 e. The van der Waals surface area contributed by atoms with Crippen LogP contribution in [0.25, 0.3) is 0 Å². The van der Waals surface area contributed by atoms with E-state index in [2.05, 4.69) is 6.92 Å². The Hall–Kier alpha value is -0.870. The lowest BCUT2D eigenvalue weighted by Gasteiger charge is -2.36. The van der Waals surface area contributed by atoms with Gasteiger partial charge >= 0.3 is 0 Å². The third kappa shape index (κ3) is 3.12. The molecule has 1 amide bonds. The summed E-state index contributed by atoms with van der Waals surface area (Å²) in [7, 11) is 1.90. The molecule has 3 nitrogen and oxygen atoms in total. The van der Waals surface area contributed by atoms with Crippen LogP contribution >= 0.6 is 11.3 Å². The number of nitrogens with zero attached hydrogens (tertiary/aromatic N) is 1. The average Bonchev–Trinajstić information content (AvgIpc) is 2.75. The molecule has 0 N–H and O–H groups in total. The van der Waals surface area contributed by atoms with E-state index < -0.39 is 0 Å². The average molecular weight is 267 g/mol. The van der Waals surface area contributed by atoms with Crippen LogP contribution < -0.4 is 0 Å². The number of thiophene rings is 1. The highest BCUT2D eigenvalue weighted by Gasteiger charge is 2.30. The molecule has 0 aromatic carbocycles. The lowest BCUT2D eigenvalue weighted by atomic mass is 9.82. The van der Waals surface area contributed by atoms with Gasteiger partial charge in [-0.05, 0) is 37.3 Å².